The third-order valence-electron chi connectivity index (χ3n) is 3.34. The molecule has 0 saturated carbocycles. The van der Waals surface area contributed by atoms with Crippen LogP contribution in [0.1, 0.15) is 24.5 Å². The first-order chi connectivity index (χ1) is 10.6. The Morgan fingerprint density at radius 3 is 2.64 bits per heavy atom. The van der Waals surface area contributed by atoms with Crippen LogP contribution in [0.2, 0.25) is 5.02 Å². The van der Waals surface area contributed by atoms with Crippen LogP contribution in [0.4, 0.5) is 5.69 Å². The normalized spacial score (nSPS) is 10.9. The number of hydrogen-bond acceptors (Lipinski definition) is 1. The highest BCUT2D eigenvalue weighted by Gasteiger charge is 2.12. The van der Waals surface area contributed by atoms with Crippen LogP contribution in [0.5, 0.6) is 0 Å². The zero-order valence-electron chi connectivity index (χ0n) is 12.9. The number of nitrogens with zero attached hydrogens (tertiary/aromatic N) is 1. The van der Waals surface area contributed by atoms with Crippen molar-refractivity contribution in [2.75, 3.05) is 11.4 Å². The first-order valence-corrected chi connectivity index (χ1v) is 7.80. The second-order valence-corrected chi connectivity index (χ2v) is 5.59. The monoisotopic (exact) mass is 313 g/mol. The van der Waals surface area contributed by atoms with Crippen molar-refractivity contribution in [3.05, 3.63) is 70.8 Å². The molecule has 0 saturated heterocycles. The summed E-state index contributed by atoms with van der Waals surface area (Å²) in [5, 5.41) is 0.643. The Kier molecular flexibility index (Phi) is 5.79. The molecule has 0 aliphatic heterocycles. The van der Waals surface area contributed by atoms with Gasteiger partial charge in [-0.2, -0.15) is 0 Å². The van der Waals surface area contributed by atoms with Gasteiger partial charge in [0, 0.05) is 23.3 Å². The largest absolute Gasteiger partial charge is 0.309 e. The van der Waals surface area contributed by atoms with Crippen molar-refractivity contribution in [1.82, 2.24) is 0 Å². The van der Waals surface area contributed by atoms with Gasteiger partial charge < -0.3 is 4.90 Å². The molecule has 0 fully saturated rings. The maximum atomic E-state index is 12.5. The van der Waals surface area contributed by atoms with E-state index < -0.39 is 0 Å². The summed E-state index contributed by atoms with van der Waals surface area (Å²) in [4.78, 5) is 14.3. The van der Waals surface area contributed by atoms with E-state index in [9.17, 15) is 4.79 Å². The second kappa shape index (κ2) is 7.81. The van der Waals surface area contributed by atoms with Gasteiger partial charge in [-0.05, 0) is 48.7 Å². The van der Waals surface area contributed by atoms with Gasteiger partial charge in [0.15, 0.2) is 0 Å². The van der Waals surface area contributed by atoms with Gasteiger partial charge >= 0.3 is 0 Å². The highest BCUT2D eigenvalue weighted by atomic mass is 35.5. The third-order valence-corrected chi connectivity index (χ3v) is 3.68. The standard InChI is InChI=1S/C19H20ClNO/c1-3-13-21(17-9-6-7-15(2)14-17)19(22)12-11-16-8-4-5-10-18(16)20/h4-12,14H,3,13H2,1-2H3/b12-11+. The zero-order valence-corrected chi connectivity index (χ0v) is 13.7. The Morgan fingerprint density at radius 2 is 1.95 bits per heavy atom. The van der Waals surface area contributed by atoms with E-state index in [1.165, 1.54) is 0 Å². The lowest BCUT2D eigenvalue weighted by atomic mass is 10.2. The molecule has 0 aliphatic carbocycles. The highest BCUT2D eigenvalue weighted by Crippen LogP contribution is 2.19. The number of benzene rings is 2. The van der Waals surface area contributed by atoms with Crippen molar-refractivity contribution in [2.24, 2.45) is 0 Å². The summed E-state index contributed by atoms with van der Waals surface area (Å²) in [6.45, 7) is 4.78. The van der Waals surface area contributed by atoms with Gasteiger partial charge in [-0.3, -0.25) is 4.79 Å². The van der Waals surface area contributed by atoms with Crippen LogP contribution < -0.4 is 4.90 Å². The molecule has 0 atom stereocenters. The van der Waals surface area contributed by atoms with Gasteiger partial charge in [-0.1, -0.05) is 48.9 Å². The molecule has 0 radical (unpaired) electrons. The average Bonchev–Trinajstić information content (AvgIpc) is 2.51. The van der Waals surface area contributed by atoms with Crippen molar-refractivity contribution in [1.29, 1.82) is 0 Å². The van der Waals surface area contributed by atoms with Crippen LogP contribution in [-0.2, 0) is 4.79 Å². The number of anilines is 1. The molecule has 22 heavy (non-hydrogen) atoms. The lowest BCUT2D eigenvalue weighted by Gasteiger charge is -2.21. The Morgan fingerprint density at radius 1 is 1.18 bits per heavy atom. The fraction of sp³-hybridized carbons (Fsp3) is 0.211. The molecule has 0 bridgehead atoms. The molecule has 0 aliphatic rings. The van der Waals surface area contributed by atoms with Crippen molar-refractivity contribution in [2.45, 2.75) is 20.3 Å². The van der Waals surface area contributed by atoms with Crippen molar-refractivity contribution >= 4 is 29.3 Å². The van der Waals surface area contributed by atoms with E-state index in [1.807, 2.05) is 55.5 Å². The molecule has 0 heterocycles. The minimum Gasteiger partial charge on any atom is -0.309 e. The summed E-state index contributed by atoms with van der Waals surface area (Å²) < 4.78 is 0. The fourth-order valence-corrected chi connectivity index (χ4v) is 2.45. The van der Waals surface area contributed by atoms with E-state index >= 15 is 0 Å². The van der Waals surface area contributed by atoms with Crippen LogP contribution in [0.25, 0.3) is 6.08 Å². The first kappa shape index (κ1) is 16.3. The molecule has 2 rings (SSSR count). The summed E-state index contributed by atoms with van der Waals surface area (Å²) in [5.74, 6) is -0.0348. The van der Waals surface area contributed by atoms with E-state index in [0.29, 0.717) is 11.6 Å². The van der Waals surface area contributed by atoms with Crippen LogP contribution >= 0.6 is 11.6 Å². The van der Waals surface area contributed by atoms with Crippen LogP contribution in [-0.4, -0.2) is 12.5 Å². The lowest BCUT2D eigenvalue weighted by Crippen LogP contribution is -2.30. The Labute approximate surface area is 137 Å². The summed E-state index contributed by atoms with van der Waals surface area (Å²) in [5.41, 5.74) is 2.91. The molecule has 2 nitrogen and oxygen atoms in total. The molecule has 0 aromatic heterocycles. The number of amides is 1. The van der Waals surface area contributed by atoms with Gasteiger partial charge in [0.05, 0.1) is 0 Å². The van der Waals surface area contributed by atoms with E-state index in [0.717, 1.165) is 23.2 Å². The Bertz CT molecular complexity index is 679. The highest BCUT2D eigenvalue weighted by molar-refractivity contribution is 6.32. The number of aryl methyl sites for hydroxylation is 1. The molecule has 1 amide bonds. The Hall–Kier alpha value is -2.06. The number of rotatable bonds is 5. The smallest absolute Gasteiger partial charge is 0.250 e. The van der Waals surface area contributed by atoms with Gasteiger partial charge in [0.25, 0.3) is 5.91 Å². The molecule has 3 heteroatoms. The number of carbonyl (C=O) groups excluding carboxylic acids is 1. The van der Waals surface area contributed by atoms with E-state index in [2.05, 4.69) is 6.92 Å². The number of hydrogen-bond donors (Lipinski definition) is 0. The molecule has 0 N–H and O–H groups in total. The van der Waals surface area contributed by atoms with Crippen molar-refractivity contribution < 1.29 is 4.79 Å². The molecular weight excluding hydrogens is 294 g/mol. The summed E-state index contributed by atoms with van der Waals surface area (Å²) >= 11 is 6.11. The number of halogens is 1. The molecule has 0 spiro atoms. The first-order valence-electron chi connectivity index (χ1n) is 7.42. The minimum atomic E-state index is -0.0348. The van der Waals surface area contributed by atoms with E-state index in [-0.39, 0.29) is 5.91 Å². The minimum absolute atomic E-state index is 0.0348. The van der Waals surface area contributed by atoms with Gasteiger partial charge in [0.1, 0.15) is 0 Å². The van der Waals surface area contributed by atoms with Gasteiger partial charge in [-0.25, -0.2) is 0 Å². The topological polar surface area (TPSA) is 20.3 Å². The molecule has 0 unspecified atom stereocenters. The van der Waals surface area contributed by atoms with Crippen molar-refractivity contribution in [3.63, 3.8) is 0 Å². The Balaban J connectivity index is 2.22. The maximum absolute atomic E-state index is 12.5. The molecular formula is C19H20ClNO. The van der Waals surface area contributed by atoms with E-state index in [1.54, 1.807) is 17.1 Å². The second-order valence-electron chi connectivity index (χ2n) is 5.18. The summed E-state index contributed by atoms with van der Waals surface area (Å²) in [6, 6.07) is 15.5. The molecule has 2 aromatic rings. The molecule has 114 valence electrons. The molecule has 2 aromatic carbocycles. The predicted octanol–water partition coefficient (Wildman–Crippen LogP) is 5.10. The quantitative estimate of drug-likeness (QED) is 0.703. The zero-order chi connectivity index (χ0) is 15.9. The number of carbonyl (C=O) groups is 1. The van der Waals surface area contributed by atoms with Crippen LogP contribution in [0.15, 0.2) is 54.6 Å². The summed E-state index contributed by atoms with van der Waals surface area (Å²) in [6.07, 6.45) is 4.25. The van der Waals surface area contributed by atoms with Crippen LogP contribution in [0.3, 0.4) is 0 Å². The SMILES string of the molecule is CCCN(C(=O)/C=C/c1ccccc1Cl)c1cccc(C)c1. The fourth-order valence-electron chi connectivity index (χ4n) is 2.25. The average molecular weight is 314 g/mol. The van der Waals surface area contributed by atoms with E-state index in [4.69, 9.17) is 11.6 Å². The maximum Gasteiger partial charge on any atom is 0.250 e. The summed E-state index contributed by atoms with van der Waals surface area (Å²) in [7, 11) is 0. The predicted molar refractivity (Wildman–Crippen MR) is 94.3 cm³/mol. The van der Waals surface area contributed by atoms with Gasteiger partial charge in [-0.15, -0.1) is 0 Å². The van der Waals surface area contributed by atoms with Gasteiger partial charge in [0.2, 0.25) is 0 Å². The lowest BCUT2D eigenvalue weighted by molar-refractivity contribution is -0.114. The van der Waals surface area contributed by atoms with Crippen LogP contribution in [0, 0.1) is 6.92 Å². The third kappa shape index (κ3) is 4.22. The van der Waals surface area contributed by atoms with Crippen molar-refractivity contribution in [3.8, 4) is 0 Å².